The predicted molar refractivity (Wildman–Crippen MR) is 134 cm³/mol. The number of fused-ring (bicyclic) bond motifs is 5. The number of hydrogen-bond acceptors (Lipinski definition) is 9. The first-order chi connectivity index (χ1) is 17.6. The van der Waals surface area contributed by atoms with Gasteiger partial charge in [0.25, 0.3) is 0 Å². The molecule has 9 heteroatoms. The third kappa shape index (κ3) is 4.40. The molecule has 210 valence electrons. The molecule has 3 saturated carbocycles. The van der Waals surface area contributed by atoms with Crippen LogP contribution in [0.15, 0.2) is 11.6 Å². The molecule has 0 heterocycles. The van der Waals surface area contributed by atoms with Crippen LogP contribution < -0.4 is 0 Å². The summed E-state index contributed by atoms with van der Waals surface area (Å²) in [6.45, 7) is 8.59. The van der Waals surface area contributed by atoms with Crippen LogP contribution in [0, 0.1) is 28.6 Å². The van der Waals surface area contributed by atoms with E-state index in [0.29, 0.717) is 19.3 Å². The first-order valence-corrected chi connectivity index (χ1v) is 13.6. The minimum atomic E-state index is -1.58. The largest absolute Gasteiger partial charge is 0.455 e. The van der Waals surface area contributed by atoms with E-state index in [4.69, 9.17) is 14.2 Å². The molecule has 4 rings (SSSR count). The molecule has 4 aliphatic rings. The third-order valence-electron chi connectivity index (χ3n) is 10.0. The SMILES string of the molecule is CC(=O)OC(C)(C)C(=O)OCC(=O)[C@]1(OC(C)=O)CC[C@H]2[C@@H]3CCC4=CC(=O)CC[C@]4(C)[C@H]3[C@@H](O)C[C@@]21C. The van der Waals surface area contributed by atoms with E-state index in [-0.39, 0.29) is 41.8 Å². The van der Waals surface area contributed by atoms with E-state index < -0.39 is 53.0 Å². The zero-order valence-corrected chi connectivity index (χ0v) is 23.3. The van der Waals surface area contributed by atoms with Crippen molar-refractivity contribution in [2.45, 2.75) is 104 Å². The third-order valence-corrected chi connectivity index (χ3v) is 10.0. The maximum Gasteiger partial charge on any atom is 0.350 e. The molecule has 0 radical (unpaired) electrons. The number of ether oxygens (including phenoxy) is 3. The van der Waals surface area contributed by atoms with Gasteiger partial charge in [0, 0.05) is 25.7 Å². The summed E-state index contributed by atoms with van der Waals surface area (Å²) in [7, 11) is 0. The standard InChI is InChI=1S/C29H40O9/c1-16(30)37-26(3,4)25(35)36-15-23(34)29(38-17(2)31)12-10-21-20-8-7-18-13-19(32)9-11-27(18,5)24(20)22(33)14-28(21,29)6/h13,20-22,24,33H,7-12,14-15H2,1-6H3/t20-,21-,22-,24+,27-,28-,29+/m0/s1. The smallest absolute Gasteiger partial charge is 0.350 e. The van der Waals surface area contributed by atoms with Gasteiger partial charge in [0.15, 0.2) is 18.0 Å². The number of esters is 3. The highest BCUT2D eigenvalue weighted by Gasteiger charge is 2.70. The van der Waals surface area contributed by atoms with Crippen LogP contribution in [0.3, 0.4) is 0 Å². The Bertz CT molecular complexity index is 1090. The average molecular weight is 533 g/mol. The van der Waals surface area contributed by atoms with Crippen molar-refractivity contribution in [3.05, 3.63) is 11.6 Å². The van der Waals surface area contributed by atoms with Gasteiger partial charge in [0.1, 0.15) is 0 Å². The van der Waals surface area contributed by atoms with Crippen molar-refractivity contribution >= 4 is 29.5 Å². The van der Waals surface area contributed by atoms with Crippen molar-refractivity contribution < 1.29 is 43.3 Å². The van der Waals surface area contributed by atoms with Crippen molar-refractivity contribution in [1.82, 2.24) is 0 Å². The van der Waals surface area contributed by atoms with E-state index >= 15 is 0 Å². The fourth-order valence-electron chi connectivity index (χ4n) is 8.43. The Labute approximate surface area is 223 Å². The molecule has 3 fully saturated rings. The van der Waals surface area contributed by atoms with Gasteiger partial charge in [-0.05, 0) is 81.6 Å². The molecule has 38 heavy (non-hydrogen) atoms. The second kappa shape index (κ2) is 9.57. The zero-order chi connectivity index (χ0) is 28.3. The maximum atomic E-state index is 13.8. The summed E-state index contributed by atoms with van der Waals surface area (Å²) < 4.78 is 16.2. The van der Waals surface area contributed by atoms with Crippen molar-refractivity contribution in [2.75, 3.05) is 6.61 Å². The Morgan fingerprint density at radius 3 is 2.37 bits per heavy atom. The average Bonchev–Trinajstić information content (AvgIpc) is 3.08. The molecule has 1 N–H and O–H groups in total. The zero-order valence-electron chi connectivity index (χ0n) is 23.3. The van der Waals surface area contributed by atoms with Crippen LogP contribution in [-0.4, -0.2) is 58.5 Å². The van der Waals surface area contributed by atoms with Crippen LogP contribution in [-0.2, 0) is 38.2 Å². The molecule has 9 nitrogen and oxygen atoms in total. The Morgan fingerprint density at radius 2 is 1.74 bits per heavy atom. The lowest BCUT2D eigenvalue weighted by Crippen LogP contribution is -2.63. The second-order valence-electron chi connectivity index (χ2n) is 12.6. The number of allylic oxidation sites excluding steroid dienone is 1. The molecule has 0 bridgehead atoms. The fraction of sp³-hybridized carbons (Fsp3) is 0.759. The summed E-state index contributed by atoms with van der Waals surface area (Å²) in [5.41, 5.74) is -3.18. The monoisotopic (exact) mass is 532 g/mol. The quantitative estimate of drug-likeness (QED) is 0.404. The van der Waals surface area contributed by atoms with Crippen molar-refractivity contribution in [2.24, 2.45) is 28.6 Å². The van der Waals surface area contributed by atoms with Crippen molar-refractivity contribution in [1.29, 1.82) is 0 Å². The minimum absolute atomic E-state index is 0.00314. The molecular weight excluding hydrogens is 492 g/mol. The first kappa shape index (κ1) is 28.5. The number of ketones is 2. The summed E-state index contributed by atoms with van der Waals surface area (Å²) in [5.74, 6) is -2.52. The van der Waals surface area contributed by atoms with E-state index in [1.807, 2.05) is 6.92 Å². The Kier molecular flexibility index (Phi) is 7.17. The van der Waals surface area contributed by atoms with Gasteiger partial charge in [-0.3, -0.25) is 19.2 Å². The van der Waals surface area contributed by atoms with E-state index in [1.54, 1.807) is 6.08 Å². The van der Waals surface area contributed by atoms with Crippen molar-refractivity contribution in [3.63, 3.8) is 0 Å². The number of hydrogen-bond donors (Lipinski definition) is 1. The molecule has 0 unspecified atom stereocenters. The number of rotatable bonds is 6. The van der Waals surface area contributed by atoms with Gasteiger partial charge in [0.05, 0.1) is 6.10 Å². The van der Waals surface area contributed by atoms with Gasteiger partial charge >= 0.3 is 17.9 Å². The van der Waals surface area contributed by atoms with Gasteiger partial charge in [-0.25, -0.2) is 4.79 Å². The summed E-state index contributed by atoms with van der Waals surface area (Å²) in [4.78, 5) is 62.3. The molecule has 0 saturated heterocycles. The normalized spacial score (nSPS) is 38.2. The Morgan fingerprint density at radius 1 is 1.05 bits per heavy atom. The fourth-order valence-corrected chi connectivity index (χ4v) is 8.43. The number of carbonyl (C=O) groups excluding carboxylic acids is 5. The Balaban J connectivity index is 1.63. The molecule has 4 aliphatic carbocycles. The number of Topliss-reactive ketones (excluding diaryl/α,β-unsaturated/α-hetero) is 1. The lowest BCUT2D eigenvalue weighted by Gasteiger charge is -2.60. The van der Waals surface area contributed by atoms with Crippen LogP contribution in [0.4, 0.5) is 0 Å². The lowest BCUT2D eigenvalue weighted by molar-refractivity contribution is -0.203. The van der Waals surface area contributed by atoms with E-state index in [9.17, 15) is 29.1 Å². The van der Waals surface area contributed by atoms with Crippen molar-refractivity contribution in [3.8, 4) is 0 Å². The lowest BCUT2D eigenvalue weighted by atomic mass is 9.45. The van der Waals surface area contributed by atoms with Crippen LogP contribution in [0.25, 0.3) is 0 Å². The highest BCUT2D eigenvalue weighted by Crippen LogP contribution is 2.68. The predicted octanol–water partition coefficient (Wildman–Crippen LogP) is 3.25. The maximum absolute atomic E-state index is 13.8. The minimum Gasteiger partial charge on any atom is -0.455 e. The van der Waals surface area contributed by atoms with E-state index in [2.05, 4.69) is 6.92 Å². The first-order valence-electron chi connectivity index (χ1n) is 13.6. The summed E-state index contributed by atoms with van der Waals surface area (Å²) in [6, 6.07) is 0. The summed E-state index contributed by atoms with van der Waals surface area (Å²) in [6.07, 6.45) is 4.87. The van der Waals surface area contributed by atoms with E-state index in [1.165, 1.54) is 27.7 Å². The molecule has 7 atom stereocenters. The highest BCUT2D eigenvalue weighted by atomic mass is 16.6. The number of aliphatic hydroxyl groups is 1. The van der Waals surface area contributed by atoms with Crippen LogP contribution in [0.5, 0.6) is 0 Å². The molecule has 0 aromatic rings. The molecule has 0 amide bonds. The molecular formula is C29H40O9. The molecule has 0 spiro atoms. The van der Waals surface area contributed by atoms with Gasteiger partial charge in [-0.1, -0.05) is 19.4 Å². The van der Waals surface area contributed by atoms with E-state index in [0.717, 1.165) is 18.4 Å². The summed E-state index contributed by atoms with van der Waals surface area (Å²) in [5, 5.41) is 11.6. The Hall–Kier alpha value is -2.55. The molecule has 0 aromatic carbocycles. The van der Waals surface area contributed by atoms with Gasteiger partial charge in [-0.15, -0.1) is 0 Å². The molecule has 0 aliphatic heterocycles. The van der Waals surface area contributed by atoms with Gasteiger partial charge < -0.3 is 19.3 Å². The number of carbonyl (C=O) groups is 5. The van der Waals surface area contributed by atoms with Crippen LogP contribution in [0.1, 0.15) is 86.5 Å². The van der Waals surface area contributed by atoms with Crippen LogP contribution in [0.2, 0.25) is 0 Å². The molecule has 0 aromatic heterocycles. The second-order valence-corrected chi connectivity index (χ2v) is 12.6. The topological polar surface area (TPSA) is 133 Å². The van der Waals surface area contributed by atoms with Crippen LogP contribution >= 0.6 is 0 Å². The van der Waals surface area contributed by atoms with Gasteiger partial charge in [0.2, 0.25) is 11.4 Å². The van der Waals surface area contributed by atoms with Gasteiger partial charge in [-0.2, -0.15) is 0 Å². The highest BCUT2D eigenvalue weighted by molar-refractivity contribution is 5.94. The summed E-state index contributed by atoms with van der Waals surface area (Å²) >= 11 is 0. The number of aliphatic hydroxyl groups excluding tert-OH is 1.